The largest absolute Gasteiger partial charge is 0.310 e. The van der Waals surface area contributed by atoms with Crippen molar-refractivity contribution in [2.45, 2.75) is 64.6 Å². The van der Waals surface area contributed by atoms with Crippen LogP contribution < -0.4 is 5.32 Å². The second-order valence-corrected chi connectivity index (χ2v) is 8.06. The zero-order valence-electron chi connectivity index (χ0n) is 13.0. The summed E-state index contributed by atoms with van der Waals surface area (Å²) in [5, 5.41) is 3.60. The lowest BCUT2D eigenvalue weighted by Gasteiger charge is -2.24. The number of rotatable bonds is 6. The molecule has 19 heavy (non-hydrogen) atoms. The Hall–Kier alpha value is -0.380. The van der Waals surface area contributed by atoms with Gasteiger partial charge in [0, 0.05) is 34.9 Å². The Labute approximate surface area is 122 Å². The van der Waals surface area contributed by atoms with Crippen molar-refractivity contribution in [1.82, 2.24) is 10.2 Å². The highest BCUT2D eigenvalue weighted by Gasteiger charge is 2.28. The summed E-state index contributed by atoms with van der Waals surface area (Å²) < 4.78 is 0. The van der Waals surface area contributed by atoms with Crippen molar-refractivity contribution in [3.63, 3.8) is 0 Å². The van der Waals surface area contributed by atoms with Crippen LogP contribution >= 0.6 is 11.3 Å². The quantitative estimate of drug-likeness (QED) is 0.856. The average Bonchev–Trinajstić information content (AvgIpc) is 3.06. The van der Waals surface area contributed by atoms with Gasteiger partial charge >= 0.3 is 0 Å². The van der Waals surface area contributed by atoms with Gasteiger partial charge in [-0.05, 0) is 44.4 Å². The van der Waals surface area contributed by atoms with Crippen LogP contribution in [-0.2, 0) is 12.0 Å². The van der Waals surface area contributed by atoms with Crippen LogP contribution in [0.2, 0.25) is 0 Å². The number of nitrogens with zero attached hydrogens (tertiary/aromatic N) is 1. The van der Waals surface area contributed by atoms with Gasteiger partial charge in [-0.2, -0.15) is 0 Å². The van der Waals surface area contributed by atoms with E-state index in [1.54, 1.807) is 0 Å². The SMILES string of the molecule is CC(CNCc1ccc(C(C)(C)C)s1)N(C)C1CC1. The van der Waals surface area contributed by atoms with Gasteiger partial charge in [0.15, 0.2) is 0 Å². The van der Waals surface area contributed by atoms with Crippen LogP contribution in [0.15, 0.2) is 12.1 Å². The molecule has 1 N–H and O–H groups in total. The zero-order chi connectivity index (χ0) is 14.0. The first kappa shape index (κ1) is 15.0. The van der Waals surface area contributed by atoms with Gasteiger partial charge in [-0.25, -0.2) is 0 Å². The molecule has 0 aromatic carbocycles. The molecule has 0 amide bonds. The van der Waals surface area contributed by atoms with E-state index in [1.807, 2.05) is 11.3 Å². The van der Waals surface area contributed by atoms with Gasteiger partial charge in [-0.15, -0.1) is 11.3 Å². The molecule has 1 aromatic rings. The third kappa shape index (κ3) is 4.30. The van der Waals surface area contributed by atoms with Crippen LogP contribution in [-0.4, -0.2) is 30.6 Å². The molecule has 0 radical (unpaired) electrons. The number of likely N-dealkylation sites (N-methyl/N-ethyl adjacent to an activating group) is 1. The van der Waals surface area contributed by atoms with Crippen molar-refractivity contribution >= 4 is 11.3 Å². The van der Waals surface area contributed by atoms with E-state index in [1.165, 1.54) is 22.6 Å². The maximum atomic E-state index is 3.60. The Bertz CT molecular complexity index is 401. The lowest BCUT2D eigenvalue weighted by atomic mass is 9.95. The summed E-state index contributed by atoms with van der Waals surface area (Å²) in [7, 11) is 2.26. The number of thiophene rings is 1. The predicted molar refractivity (Wildman–Crippen MR) is 85.0 cm³/mol. The van der Waals surface area contributed by atoms with Crippen molar-refractivity contribution in [1.29, 1.82) is 0 Å². The Morgan fingerprint density at radius 2 is 2.05 bits per heavy atom. The van der Waals surface area contributed by atoms with Gasteiger partial charge in [0.2, 0.25) is 0 Å². The molecule has 0 bridgehead atoms. The van der Waals surface area contributed by atoms with Crippen LogP contribution in [0.3, 0.4) is 0 Å². The maximum Gasteiger partial charge on any atom is 0.0300 e. The minimum absolute atomic E-state index is 0.280. The van der Waals surface area contributed by atoms with Gasteiger partial charge in [0.1, 0.15) is 0 Å². The van der Waals surface area contributed by atoms with Gasteiger partial charge < -0.3 is 5.32 Å². The summed E-state index contributed by atoms with van der Waals surface area (Å²) in [6, 6.07) is 6.04. The standard InChI is InChI=1S/C16H28N2S/c1-12(18(5)13-6-7-13)10-17-11-14-8-9-15(19-14)16(2,3)4/h8-9,12-13,17H,6-7,10-11H2,1-5H3. The van der Waals surface area contributed by atoms with Crippen LogP contribution in [0, 0.1) is 0 Å². The van der Waals surface area contributed by atoms with Gasteiger partial charge in [0.25, 0.3) is 0 Å². The molecule has 3 heteroatoms. The fourth-order valence-electron chi connectivity index (χ4n) is 2.27. The molecule has 1 aromatic heterocycles. The monoisotopic (exact) mass is 280 g/mol. The van der Waals surface area contributed by atoms with E-state index >= 15 is 0 Å². The first-order chi connectivity index (χ1) is 8.88. The Kier molecular flexibility index (Phi) is 4.70. The lowest BCUT2D eigenvalue weighted by molar-refractivity contribution is 0.241. The van der Waals surface area contributed by atoms with Gasteiger partial charge in [-0.1, -0.05) is 20.8 Å². The van der Waals surface area contributed by atoms with E-state index in [2.05, 4.69) is 57.1 Å². The van der Waals surface area contributed by atoms with E-state index in [0.29, 0.717) is 6.04 Å². The predicted octanol–water partition coefficient (Wildman–Crippen LogP) is 3.62. The average molecular weight is 280 g/mol. The zero-order valence-corrected chi connectivity index (χ0v) is 13.8. The van der Waals surface area contributed by atoms with E-state index < -0.39 is 0 Å². The summed E-state index contributed by atoms with van der Waals surface area (Å²) in [5.74, 6) is 0. The van der Waals surface area contributed by atoms with E-state index in [0.717, 1.165) is 19.1 Å². The second kappa shape index (κ2) is 5.94. The van der Waals surface area contributed by atoms with Crippen LogP contribution in [0.25, 0.3) is 0 Å². The van der Waals surface area contributed by atoms with Gasteiger partial charge in [-0.3, -0.25) is 4.90 Å². The molecule has 1 unspecified atom stereocenters. The van der Waals surface area contributed by atoms with Crippen molar-refractivity contribution in [2.24, 2.45) is 0 Å². The van der Waals surface area contributed by atoms with Crippen molar-refractivity contribution in [2.75, 3.05) is 13.6 Å². The van der Waals surface area contributed by atoms with E-state index in [-0.39, 0.29) is 5.41 Å². The molecule has 108 valence electrons. The summed E-state index contributed by atoms with van der Waals surface area (Å²) >= 11 is 1.94. The lowest BCUT2D eigenvalue weighted by Crippen LogP contribution is -2.38. The minimum Gasteiger partial charge on any atom is -0.310 e. The molecule has 1 fully saturated rings. The van der Waals surface area contributed by atoms with Crippen molar-refractivity contribution < 1.29 is 0 Å². The van der Waals surface area contributed by atoms with E-state index in [4.69, 9.17) is 0 Å². The molecule has 0 saturated heterocycles. The highest BCUT2D eigenvalue weighted by Crippen LogP contribution is 2.29. The second-order valence-electron chi connectivity index (χ2n) is 6.89. The molecule has 1 atom stereocenters. The molecule has 1 aliphatic carbocycles. The Morgan fingerprint density at radius 1 is 1.37 bits per heavy atom. The van der Waals surface area contributed by atoms with Crippen LogP contribution in [0.4, 0.5) is 0 Å². The van der Waals surface area contributed by atoms with Crippen LogP contribution in [0.1, 0.15) is 50.3 Å². The maximum absolute atomic E-state index is 3.60. The molecule has 1 aliphatic rings. The fraction of sp³-hybridized carbons (Fsp3) is 0.750. The molecule has 0 aliphatic heterocycles. The highest BCUT2D eigenvalue weighted by atomic mass is 32.1. The highest BCUT2D eigenvalue weighted by molar-refractivity contribution is 7.12. The normalized spacial score (nSPS) is 18.0. The molecule has 2 nitrogen and oxygen atoms in total. The summed E-state index contributed by atoms with van der Waals surface area (Å²) in [4.78, 5) is 5.45. The molecule has 0 spiro atoms. The molecule has 2 rings (SSSR count). The minimum atomic E-state index is 0.280. The smallest absolute Gasteiger partial charge is 0.0300 e. The Balaban J connectivity index is 1.74. The third-order valence-electron chi connectivity index (χ3n) is 3.96. The van der Waals surface area contributed by atoms with Crippen molar-refractivity contribution in [3.8, 4) is 0 Å². The first-order valence-corrected chi connectivity index (χ1v) is 8.21. The third-order valence-corrected chi connectivity index (χ3v) is 5.47. The fourth-order valence-corrected chi connectivity index (χ4v) is 3.30. The number of hydrogen-bond acceptors (Lipinski definition) is 3. The van der Waals surface area contributed by atoms with E-state index in [9.17, 15) is 0 Å². The molecular formula is C16H28N2S. The number of nitrogens with one attached hydrogen (secondary N) is 1. The first-order valence-electron chi connectivity index (χ1n) is 7.40. The summed E-state index contributed by atoms with van der Waals surface area (Å²) in [6.07, 6.45) is 2.78. The number of hydrogen-bond donors (Lipinski definition) is 1. The topological polar surface area (TPSA) is 15.3 Å². The van der Waals surface area contributed by atoms with Crippen LogP contribution in [0.5, 0.6) is 0 Å². The van der Waals surface area contributed by atoms with Crippen molar-refractivity contribution in [3.05, 3.63) is 21.9 Å². The molecule has 1 heterocycles. The Morgan fingerprint density at radius 3 is 2.58 bits per heavy atom. The molecular weight excluding hydrogens is 252 g/mol. The summed E-state index contributed by atoms with van der Waals surface area (Å²) in [6.45, 7) is 11.2. The summed E-state index contributed by atoms with van der Waals surface area (Å²) in [5.41, 5.74) is 0.280. The van der Waals surface area contributed by atoms with Gasteiger partial charge in [0.05, 0.1) is 0 Å². The molecule has 1 saturated carbocycles.